The standard InChI is InChI=1S/C14H22O6/c1-6-7-15-11-9-8(17-13(2,3)18-9)10-12(16-11)20-14(4,5)19-10/h6,8-12H,1,7H2,2-5H3/t8-,9+,10+,11-,12+/m0/s1. The maximum absolute atomic E-state index is 5.96. The molecule has 3 fully saturated rings. The van der Waals surface area contributed by atoms with Crippen LogP contribution in [0.4, 0.5) is 0 Å². The van der Waals surface area contributed by atoms with Gasteiger partial charge >= 0.3 is 0 Å². The Morgan fingerprint density at radius 3 is 2.25 bits per heavy atom. The van der Waals surface area contributed by atoms with E-state index < -0.39 is 24.2 Å². The molecular formula is C14H22O6. The number of hydrogen-bond donors (Lipinski definition) is 0. The molecule has 6 nitrogen and oxygen atoms in total. The van der Waals surface area contributed by atoms with Crippen LogP contribution in [0, 0.1) is 0 Å². The highest BCUT2D eigenvalue weighted by molar-refractivity contribution is 4.98. The third kappa shape index (κ3) is 2.52. The SMILES string of the molecule is C=CCO[C@H]1O[C@@H]2OC(C)(C)O[C@@H]2[C@H]2OC(C)(C)O[C@@H]12. The van der Waals surface area contributed by atoms with Crippen molar-refractivity contribution >= 4 is 0 Å². The molecule has 0 aliphatic carbocycles. The molecule has 114 valence electrons. The Labute approximate surface area is 118 Å². The Morgan fingerprint density at radius 1 is 0.950 bits per heavy atom. The van der Waals surface area contributed by atoms with Crippen LogP contribution in [0.15, 0.2) is 12.7 Å². The van der Waals surface area contributed by atoms with Gasteiger partial charge < -0.3 is 28.4 Å². The number of hydrogen-bond acceptors (Lipinski definition) is 6. The second kappa shape index (κ2) is 4.76. The van der Waals surface area contributed by atoms with Crippen molar-refractivity contribution in [2.75, 3.05) is 6.61 Å². The molecule has 3 aliphatic rings. The molecule has 0 unspecified atom stereocenters. The van der Waals surface area contributed by atoms with E-state index >= 15 is 0 Å². The third-order valence-corrected chi connectivity index (χ3v) is 3.49. The Morgan fingerprint density at radius 2 is 1.55 bits per heavy atom. The van der Waals surface area contributed by atoms with E-state index in [0.717, 1.165) is 0 Å². The van der Waals surface area contributed by atoms with E-state index in [1.54, 1.807) is 6.08 Å². The lowest BCUT2D eigenvalue weighted by Gasteiger charge is -2.36. The fraction of sp³-hybridized carbons (Fsp3) is 0.857. The zero-order valence-electron chi connectivity index (χ0n) is 12.3. The first kappa shape index (κ1) is 14.4. The molecule has 0 bridgehead atoms. The van der Waals surface area contributed by atoms with Crippen LogP contribution >= 0.6 is 0 Å². The van der Waals surface area contributed by atoms with Gasteiger partial charge in [0.05, 0.1) is 6.61 Å². The van der Waals surface area contributed by atoms with E-state index in [4.69, 9.17) is 28.4 Å². The fourth-order valence-electron chi connectivity index (χ4n) is 2.87. The molecule has 0 N–H and O–H groups in total. The summed E-state index contributed by atoms with van der Waals surface area (Å²) in [4.78, 5) is 0. The van der Waals surface area contributed by atoms with Gasteiger partial charge in [0.1, 0.15) is 18.3 Å². The van der Waals surface area contributed by atoms with Crippen LogP contribution in [0.5, 0.6) is 0 Å². The van der Waals surface area contributed by atoms with Crippen LogP contribution in [-0.2, 0) is 28.4 Å². The second-order valence-electron chi connectivity index (χ2n) is 6.16. The highest BCUT2D eigenvalue weighted by Gasteiger charge is 2.61. The normalized spacial score (nSPS) is 44.9. The molecule has 0 aromatic heterocycles. The fourth-order valence-corrected chi connectivity index (χ4v) is 2.87. The summed E-state index contributed by atoms with van der Waals surface area (Å²) in [5, 5.41) is 0. The Kier molecular flexibility index (Phi) is 3.44. The summed E-state index contributed by atoms with van der Waals surface area (Å²) < 4.78 is 35.0. The van der Waals surface area contributed by atoms with Gasteiger partial charge in [0, 0.05) is 0 Å². The highest BCUT2D eigenvalue weighted by atomic mass is 16.9. The van der Waals surface area contributed by atoms with Gasteiger partial charge in [-0.3, -0.25) is 0 Å². The summed E-state index contributed by atoms with van der Waals surface area (Å²) in [7, 11) is 0. The van der Waals surface area contributed by atoms with Crippen molar-refractivity contribution in [1.29, 1.82) is 0 Å². The number of ether oxygens (including phenoxy) is 6. The van der Waals surface area contributed by atoms with E-state index in [-0.39, 0.29) is 18.3 Å². The number of rotatable bonds is 3. The molecule has 3 rings (SSSR count). The molecule has 3 aliphatic heterocycles. The molecule has 6 heteroatoms. The first-order chi connectivity index (χ1) is 9.31. The van der Waals surface area contributed by atoms with Crippen LogP contribution < -0.4 is 0 Å². The molecule has 0 aromatic rings. The average molecular weight is 286 g/mol. The molecule has 5 atom stereocenters. The lowest BCUT2D eigenvalue weighted by Crippen LogP contribution is -2.55. The quantitative estimate of drug-likeness (QED) is 0.734. The van der Waals surface area contributed by atoms with Crippen LogP contribution in [0.3, 0.4) is 0 Å². The van der Waals surface area contributed by atoms with E-state index in [2.05, 4.69) is 6.58 Å². The highest BCUT2D eigenvalue weighted by Crippen LogP contribution is 2.44. The van der Waals surface area contributed by atoms with Gasteiger partial charge in [-0.1, -0.05) is 6.08 Å². The van der Waals surface area contributed by atoms with Gasteiger partial charge in [-0.25, -0.2) is 0 Å². The summed E-state index contributed by atoms with van der Waals surface area (Å²) in [5.41, 5.74) is 0. The summed E-state index contributed by atoms with van der Waals surface area (Å²) in [6.07, 6.45) is -0.345. The monoisotopic (exact) mass is 286 g/mol. The van der Waals surface area contributed by atoms with Crippen molar-refractivity contribution in [3.63, 3.8) is 0 Å². The molecule has 0 spiro atoms. The van der Waals surface area contributed by atoms with Crippen molar-refractivity contribution in [1.82, 2.24) is 0 Å². The van der Waals surface area contributed by atoms with E-state index in [0.29, 0.717) is 6.61 Å². The van der Waals surface area contributed by atoms with Crippen LogP contribution in [0.1, 0.15) is 27.7 Å². The van der Waals surface area contributed by atoms with Gasteiger partial charge in [-0.2, -0.15) is 0 Å². The van der Waals surface area contributed by atoms with Crippen LogP contribution in [-0.4, -0.2) is 49.1 Å². The van der Waals surface area contributed by atoms with Gasteiger partial charge in [0.15, 0.2) is 24.2 Å². The Hall–Kier alpha value is -0.500. The largest absolute Gasteiger partial charge is 0.346 e. The van der Waals surface area contributed by atoms with Crippen molar-refractivity contribution in [2.45, 2.75) is 70.2 Å². The van der Waals surface area contributed by atoms with Crippen molar-refractivity contribution < 1.29 is 28.4 Å². The van der Waals surface area contributed by atoms with E-state index in [1.807, 2.05) is 27.7 Å². The summed E-state index contributed by atoms with van der Waals surface area (Å²) in [5.74, 6) is -1.40. The molecule has 0 saturated carbocycles. The van der Waals surface area contributed by atoms with Gasteiger partial charge in [-0.15, -0.1) is 6.58 Å². The zero-order chi connectivity index (χ0) is 14.5. The van der Waals surface area contributed by atoms with Crippen LogP contribution in [0.25, 0.3) is 0 Å². The lowest BCUT2D eigenvalue weighted by atomic mass is 10.0. The first-order valence-electron chi connectivity index (χ1n) is 6.90. The molecule has 0 radical (unpaired) electrons. The zero-order valence-corrected chi connectivity index (χ0v) is 12.3. The van der Waals surface area contributed by atoms with Crippen LogP contribution in [0.2, 0.25) is 0 Å². The molecule has 0 aromatic carbocycles. The predicted molar refractivity (Wildman–Crippen MR) is 68.7 cm³/mol. The molecule has 3 heterocycles. The smallest absolute Gasteiger partial charge is 0.192 e. The van der Waals surface area contributed by atoms with E-state index in [1.165, 1.54) is 0 Å². The molecule has 3 saturated heterocycles. The van der Waals surface area contributed by atoms with Crippen molar-refractivity contribution in [2.24, 2.45) is 0 Å². The van der Waals surface area contributed by atoms with Gasteiger partial charge in [0.2, 0.25) is 0 Å². The minimum absolute atomic E-state index is 0.277. The van der Waals surface area contributed by atoms with Gasteiger partial charge in [-0.05, 0) is 27.7 Å². The first-order valence-corrected chi connectivity index (χ1v) is 6.90. The summed E-state index contributed by atoms with van der Waals surface area (Å²) >= 11 is 0. The summed E-state index contributed by atoms with van der Waals surface area (Å²) in [6.45, 7) is 11.5. The van der Waals surface area contributed by atoms with Crippen molar-refractivity contribution in [3.8, 4) is 0 Å². The van der Waals surface area contributed by atoms with Crippen molar-refractivity contribution in [3.05, 3.63) is 12.7 Å². The molecule has 20 heavy (non-hydrogen) atoms. The average Bonchev–Trinajstić information content (AvgIpc) is 2.80. The summed E-state index contributed by atoms with van der Waals surface area (Å²) in [6, 6.07) is 0. The maximum Gasteiger partial charge on any atom is 0.192 e. The minimum Gasteiger partial charge on any atom is -0.346 e. The predicted octanol–water partition coefficient (Wildman–Crippen LogP) is 1.54. The third-order valence-electron chi connectivity index (χ3n) is 3.49. The molecule has 0 amide bonds. The topological polar surface area (TPSA) is 55.4 Å². The second-order valence-corrected chi connectivity index (χ2v) is 6.16. The van der Waals surface area contributed by atoms with Gasteiger partial charge in [0.25, 0.3) is 0 Å². The minimum atomic E-state index is -0.705. The number of fused-ring (bicyclic) bond motifs is 3. The Balaban J connectivity index is 1.82. The maximum atomic E-state index is 5.96. The lowest BCUT2D eigenvalue weighted by molar-refractivity contribution is -0.301. The molecular weight excluding hydrogens is 264 g/mol. The Bertz CT molecular complexity index is 393. The van der Waals surface area contributed by atoms with E-state index in [9.17, 15) is 0 Å².